The Balaban J connectivity index is 1.77. The van der Waals surface area contributed by atoms with Gasteiger partial charge in [-0.3, -0.25) is 9.36 Å². The largest absolute Gasteiger partial charge is 0.494 e. The number of carbonyl (C=O) groups is 1. The second kappa shape index (κ2) is 12.5. The smallest absolute Gasteiger partial charge is 0.230 e. The summed E-state index contributed by atoms with van der Waals surface area (Å²) < 4.78 is 19.3. The van der Waals surface area contributed by atoms with Crippen LogP contribution in [0.4, 0.5) is 0 Å². The highest BCUT2D eigenvalue weighted by atomic mass is 79.9. The second-order valence-electron chi connectivity index (χ2n) is 6.54. The first-order valence-corrected chi connectivity index (χ1v) is 11.8. The highest BCUT2D eigenvalue weighted by Crippen LogP contribution is 2.25. The van der Waals surface area contributed by atoms with Gasteiger partial charge in [0, 0.05) is 23.8 Å². The second-order valence-corrected chi connectivity index (χ2v) is 8.39. The number of benzene rings is 2. The molecule has 0 unspecified atom stereocenters. The standard InChI is InChI=1S/C22H25BrN4O4S/c1-3-30-18-10-6-17(7-11-18)27-20(14-31-19-8-4-16(23)5-9-19)25-26-22(27)32-15-21(28)24-12-13-29-2/h4-11H,3,12-15H2,1-2H3,(H,24,28). The molecular weight excluding hydrogens is 496 g/mol. The number of rotatable bonds is 12. The molecule has 0 radical (unpaired) electrons. The summed E-state index contributed by atoms with van der Waals surface area (Å²) in [6.45, 7) is 3.70. The van der Waals surface area contributed by atoms with Gasteiger partial charge in [-0.15, -0.1) is 10.2 Å². The van der Waals surface area contributed by atoms with Crippen LogP contribution in [0.5, 0.6) is 11.5 Å². The molecule has 1 heterocycles. The average Bonchev–Trinajstić information content (AvgIpc) is 3.21. The minimum Gasteiger partial charge on any atom is -0.494 e. The molecule has 0 spiro atoms. The van der Waals surface area contributed by atoms with E-state index >= 15 is 0 Å². The SMILES string of the molecule is CCOc1ccc(-n2c(COc3ccc(Br)cc3)nnc2SCC(=O)NCCOC)cc1. The molecule has 170 valence electrons. The van der Waals surface area contributed by atoms with E-state index in [2.05, 4.69) is 31.4 Å². The highest BCUT2D eigenvalue weighted by molar-refractivity contribution is 9.10. The first-order valence-electron chi connectivity index (χ1n) is 10.0. The number of halogens is 1. The van der Waals surface area contributed by atoms with Crippen molar-refractivity contribution in [2.24, 2.45) is 0 Å². The molecular formula is C22H25BrN4O4S. The van der Waals surface area contributed by atoms with Crippen molar-refractivity contribution in [1.29, 1.82) is 0 Å². The van der Waals surface area contributed by atoms with Crippen LogP contribution in [0, 0.1) is 0 Å². The minimum atomic E-state index is -0.0963. The van der Waals surface area contributed by atoms with Crippen molar-refractivity contribution in [3.63, 3.8) is 0 Å². The van der Waals surface area contributed by atoms with Gasteiger partial charge in [-0.1, -0.05) is 27.7 Å². The van der Waals surface area contributed by atoms with Gasteiger partial charge < -0.3 is 19.5 Å². The maximum atomic E-state index is 12.1. The van der Waals surface area contributed by atoms with Crippen LogP contribution in [-0.2, 0) is 16.1 Å². The van der Waals surface area contributed by atoms with Crippen LogP contribution in [0.3, 0.4) is 0 Å². The van der Waals surface area contributed by atoms with Gasteiger partial charge in [0.2, 0.25) is 5.91 Å². The zero-order chi connectivity index (χ0) is 22.8. The quantitative estimate of drug-likeness (QED) is 0.286. The summed E-state index contributed by atoms with van der Waals surface area (Å²) in [6, 6.07) is 15.2. The van der Waals surface area contributed by atoms with Gasteiger partial charge in [-0.05, 0) is 55.5 Å². The van der Waals surface area contributed by atoms with Crippen LogP contribution < -0.4 is 14.8 Å². The fourth-order valence-corrected chi connectivity index (χ4v) is 3.82. The molecule has 8 nitrogen and oxygen atoms in total. The molecule has 10 heteroatoms. The number of aromatic nitrogens is 3. The van der Waals surface area contributed by atoms with Gasteiger partial charge >= 0.3 is 0 Å². The van der Waals surface area contributed by atoms with E-state index in [1.165, 1.54) is 11.8 Å². The average molecular weight is 521 g/mol. The summed E-state index contributed by atoms with van der Waals surface area (Å²) in [4.78, 5) is 12.1. The lowest BCUT2D eigenvalue weighted by molar-refractivity contribution is -0.118. The molecule has 0 saturated heterocycles. The maximum Gasteiger partial charge on any atom is 0.230 e. The Morgan fingerprint density at radius 2 is 1.75 bits per heavy atom. The summed E-state index contributed by atoms with van der Waals surface area (Å²) in [6.07, 6.45) is 0. The van der Waals surface area contributed by atoms with Gasteiger partial charge in [-0.2, -0.15) is 0 Å². The Morgan fingerprint density at radius 1 is 1.06 bits per heavy atom. The monoisotopic (exact) mass is 520 g/mol. The highest BCUT2D eigenvalue weighted by Gasteiger charge is 2.17. The van der Waals surface area contributed by atoms with Crippen molar-refractivity contribution in [3.8, 4) is 17.2 Å². The Hall–Kier alpha value is -2.56. The summed E-state index contributed by atoms with van der Waals surface area (Å²) in [7, 11) is 1.60. The van der Waals surface area contributed by atoms with E-state index in [0.29, 0.717) is 30.7 Å². The number of nitrogens with zero attached hydrogens (tertiary/aromatic N) is 3. The molecule has 0 saturated carbocycles. The summed E-state index contributed by atoms with van der Waals surface area (Å²) in [5, 5.41) is 12.0. The number of nitrogens with one attached hydrogen (secondary N) is 1. The topological polar surface area (TPSA) is 87.5 Å². The van der Waals surface area contributed by atoms with Crippen LogP contribution in [0.15, 0.2) is 58.2 Å². The van der Waals surface area contributed by atoms with Crippen molar-refractivity contribution >= 4 is 33.6 Å². The fraction of sp³-hybridized carbons (Fsp3) is 0.318. The maximum absolute atomic E-state index is 12.1. The molecule has 2 aromatic carbocycles. The molecule has 1 N–H and O–H groups in total. The fourth-order valence-electron chi connectivity index (χ4n) is 2.76. The van der Waals surface area contributed by atoms with Gasteiger partial charge in [0.25, 0.3) is 0 Å². The molecule has 3 rings (SSSR count). The molecule has 1 amide bonds. The number of methoxy groups -OCH3 is 1. The number of thioether (sulfide) groups is 1. The minimum absolute atomic E-state index is 0.0963. The lowest BCUT2D eigenvalue weighted by Crippen LogP contribution is -2.28. The van der Waals surface area contributed by atoms with Crippen LogP contribution in [-0.4, -0.2) is 53.3 Å². The van der Waals surface area contributed by atoms with Crippen molar-refractivity contribution in [3.05, 3.63) is 58.8 Å². The van der Waals surface area contributed by atoms with E-state index in [0.717, 1.165) is 21.7 Å². The molecule has 0 aliphatic heterocycles. The number of ether oxygens (including phenoxy) is 3. The molecule has 32 heavy (non-hydrogen) atoms. The Morgan fingerprint density at radius 3 is 2.44 bits per heavy atom. The predicted molar refractivity (Wildman–Crippen MR) is 127 cm³/mol. The third-order valence-electron chi connectivity index (χ3n) is 4.25. The summed E-state index contributed by atoms with van der Waals surface area (Å²) >= 11 is 4.73. The van der Waals surface area contributed by atoms with Crippen LogP contribution in [0.2, 0.25) is 0 Å². The third kappa shape index (κ3) is 6.98. The van der Waals surface area contributed by atoms with Gasteiger partial charge in [0.05, 0.1) is 19.0 Å². The number of hydrogen-bond acceptors (Lipinski definition) is 7. The number of hydrogen-bond donors (Lipinski definition) is 1. The zero-order valence-electron chi connectivity index (χ0n) is 17.9. The molecule has 0 bridgehead atoms. The lowest BCUT2D eigenvalue weighted by Gasteiger charge is -2.12. The first kappa shape index (κ1) is 24.1. The Bertz CT molecular complexity index is 996. The number of carbonyl (C=O) groups excluding carboxylic acids is 1. The van der Waals surface area contributed by atoms with E-state index in [9.17, 15) is 4.79 Å². The van der Waals surface area contributed by atoms with E-state index in [-0.39, 0.29) is 18.3 Å². The van der Waals surface area contributed by atoms with Crippen LogP contribution >= 0.6 is 27.7 Å². The van der Waals surface area contributed by atoms with Crippen molar-refractivity contribution in [1.82, 2.24) is 20.1 Å². The summed E-state index contributed by atoms with van der Waals surface area (Å²) in [5.41, 5.74) is 0.857. The third-order valence-corrected chi connectivity index (χ3v) is 5.71. The molecule has 3 aromatic rings. The van der Waals surface area contributed by atoms with E-state index < -0.39 is 0 Å². The van der Waals surface area contributed by atoms with Crippen LogP contribution in [0.1, 0.15) is 12.7 Å². The Labute approximate surface area is 199 Å². The van der Waals surface area contributed by atoms with E-state index in [1.807, 2.05) is 60.0 Å². The predicted octanol–water partition coefficient (Wildman–Crippen LogP) is 3.86. The van der Waals surface area contributed by atoms with Gasteiger partial charge in [-0.25, -0.2) is 0 Å². The van der Waals surface area contributed by atoms with E-state index in [4.69, 9.17) is 14.2 Å². The van der Waals surface area contributed by atoms with Crippen molar-refractivity contribution < 1.29 is 19.0 Å². The first-order chi connectivity index (χ1) is 15.6. The van der Waals surface area contributed by atoms with Gasteiger partial charge in [0.15, 0.2) is 11.0 Å². The number of amides is 1. The summed E-state index contributed by atoms with van der Waals surface area (Å²) in [5.74, 6) is 2.25. The van der Waals surface area contributed by atoms with Crippen LogP contribution in [0.25, 0.3) is 5.69 Å². The molecule has 0 atom stereocenters. The molecule has 1 aromatic heterocycles. The molecule has 0 fully saturated rings. The van der Waals surface area contributed by atoms with E-state index in [1.54, 1.807) is 7.11 Å². The zero-order valence-corrected chi connectivity index (χ0v) is 20.3. The molecule has 0 aliphatic carbocycles. The van der Waals surface area contributed by atoms with Crippen molar-refractivity contribution in [2.45, 2.75) is 18.7 Å². The molecule has 0 aliphatic rings. The lowest BCUT2D eigenvalue weighted by atomic mass is 10.3. The Kier molecular flexibility index (Phi) is 9.39. The van der Waals surface area contributed by atoms with Gasteiger partial charge in [0.1, 0.15) is 18.1 Å². The van der Waals surface area contributed by atoms with Crippen molar-refractivity contribution in [2.75, 3.05) is 32.6 Å². The normalized spacial score (nSPS) is 10.7.